The third-order valence-electron chi connectivity index (χ3n) is 8.74. The molecule has 266 valence electrons. The SMILES string of the molecule is C=C(/C=C\C=C/C)[C@@]1(O)C[C@H](C(=O)Nc2cc(C(CCC3CC3)(N[S@@+]([O-])C(C)(C)C)c3ccccn3)ccc2F)N(C(=O)OC(C)(C)C)C1. The van der Waals surface area contributed by atoms with Crippen LogP contribution < -0.4 is 10.0 Å². The number of aromatic nitrogens is 1. The maximum absolute atomic E-state index is 15.6. The van der Waals surface area contributed by atoms with E-state index in [1.807, 2.05) is 45.9 Å². The van der Waals surface area contributed by atoms with Crippen molar-refractivity contribution in [1.82, 2.24) is 14.6 Å². The zero-order valence-electron chi connectivity index (χ0n) is 29.7. The van der Waals surface area contributed by atoms with Crippen molar-refractivity contribution in [2.75, 3.05) is 11.9 Å². The minimum atomic E-state index is -1.63. The lowest BCUT2D eigenvalue weighted by molar-refractivity contribution is -0.120. The molecule has 1 saturated carbocycles. The van der Waals surface area contributed by atoms with Gasteiger partial charge in [0.15, 0.2) is 0 Å². The van der Waals surface area contributed by atoms with Crippen molar-refractivity contribution in [3.63, 3.8) is 0 Å². The number of carbonyl (C=O) groups excluding carboxylic acids is 2. The van der Waals surface area contributed by atoms with E-state index >= 15 is 4.39 Å². The molecule has 1 saturated heterocycles. The number of halogens is 1. The Morgan fingerprint density at radius 2 is 1.90 bits per heavy atom. The first-order valence-corrected chi connectivity index (χ1v) is 18.0. The Labute approximate surface area is 293 Å². The molecule has 1 aliphatic carbocycles. The average molecular weight is 695 g/mol. The summed E-state index contributed by atoms with van der Waals surface area (Å²) in [5, 5.41) is 14.3. The van der Waals surface area contributed by atoms with Crippen LogP contribution in [0.15, 0.2) is 79.1 Å². The van der Waals surface area contributed by atoms with E-state index in [2.05, 4.69) is 21.6 Å². The summed E-state index contributed by atoms with van der Waals surface area (Å²) in [5.41, 5.74) is -2.16. The standard InChI is InChI=1S/C38H51FN4O5S/c1-9-10-11-14-26(2)37(46)24-31(43(25-37)34(45)48-35(3,4)5)33(44)41-30-23-28(18-19-29(30)39)38(21-20-27-16-17-27,32-15-12-13-22-40-32)42-49(47)36(6,7)8/h9-15,18-19,22-23,27,31,42,46H,2,16-17,20-21,24-25H2,1,3-8H3,(H,41,44)/b10-9-,14-11-/t31-,37-,38?,49+/m1/s1. The van der Waals surface area contributed by atoms with Crippen LogP contribution in [0.4, 0.5) is 14.9 Å². The molecule has 49 heavy (non-hydrogen) atoms. The summed E-state index contributed by atoms with van der Waals surface area (Å²) in [4.78, 5) is 33.2. The molecule has 1 aromatic heterocycles. The van der Waals surface area contributed by atoms with Gasteiger partial charge in [0.1, 0.15) is 33.3 Å². The van der Waals surface area contributed by atoms with Crippen molar-refractivity contribution in [3.8, 4) is 0 Å². The minimum absolute atomic E-state index is 0.121. The third-order valence-corrected chi connectivity index (χ3v) is 10.4. The molecule has 0 bridgehead atoms. The predicted molar refractivity (Wildman–Crippen MR) is 192 cm³/mol. The number of anilines is 1. The molecule has 2 aliphatic rings. The van der Waals surface area contributed by atoms with Crippen LogP contribution in [-0.2, 0) is 26.4 Å². The molecule has 0 radical (unpaired) electrons. The Kier molecular flexibility index (Phi) is 11.9. The quantitative estimate of drug-likeness (QED) is 0.160. The van der Waals surface area contributed by atoms with Crippen molar-refractivity contribution in [2.24, 2.45) is 5.92 Å². The van der Waals surface area contributed by atoms with Gasteiger partial charge in [-0.05, 0) is 103 Å². The highest BCUT2D eigenvalue weighted by Gasteiger charge is 2.50. The van der Waals surface area contributed by atoms with Gasteiger partial charge in [-0.25, -0.2) is 9.18 Å². The normalized spacial score (nSPS) is 21.9. The first-order valence-electron chi connectivity index (χ1n) is 16.8. The molecular weight excluding hydrogens is 644 g/mol. The van der Waals surface area contributed by atoms with Crippen molar-refractivity contribution >= 4 is 29.0 Å². The second-order valence-corrected chi connectivity index (χ2v) is 17.0. The second kappa shape index (κ2) is 15.2. The molecule has 2 heterocycles. The van der Waals surface area contributed by atoms with E-state index in [1.54, 1.807) is 63.4 Å². The van der Waals surface area contributed by atoms with E-state index in [-0.39, 0.29) is 18.7 Å². The maximum atomic E-state index is 15.6. The molecule has 9 nitrogen and oxygen atoms in total. The summed E-state index contributed by atoms with van der Waals surface area (Å²) in [6, 6.07) is 8.76. The number of rotatable bonds is 12. The topological polar surface area (TPSA) is 127 Å². The number of nitrogens with one attached hydrogen (secondary N) is 2. The molecule has 1 unspecified atom stereocenters. The van der Waals surface area contributed by atoms with Gasteiger partial charge in [0.25, 0.3) is 0 Å². The van der Waals surface area contributed by atoms with Crippen LogP contribution in [0.2, 0.25) is 0 Å². The lowest BCUT2D eigenvalue weighted by atomic mass is 9.82. The molecule has 2 aromatic rings. The van der Waals surface area contributed by atoms with Gasteiger partial charge < -0.3 is 19.7 Å². The Morgan fingerprint density at radius 3 is 2.49 bits per heavy atom. The molecule has 1 aliphatic heterocycles. The molecule has 3 N–H and O–H groups in total. The van der Waals surface area contributed by atoms with Gasteiger partial charge in [0, 0.05) is 24.0 Å². The predicted octanol–water partition coefficient (Wildman–Crippen LogP) is 7.07. The fourth-order valence-corrected chi connectivity index (χ4v) is 6.69. The summed E-state index contributed by atoms with van der Waals surface area (Å²) >= 11 is -1.54. The zero-order chi connectivity index (χ0) is 36.2. The Balaban J connectivity index is 1.73. The molecule has 1 aromatic carbocycles. The summed E-state index contributed by atoms with van der Waals surface area (Å²) in [6.45, 7) is 16.4. The average Bonchev–Trinajstić information content (AvgIpc) is 3.78. The largest absolute Gasteiger partial charge is 0.598 e. The highest BCUT2D eigenvalue weighted by molar-refractivity contribution is 7.90. The number of ether oxygens (including phenoxy) is 1. The number of carbonyl (C=O) groups is 2. The molecule has 4 rings (SSSR count). The second-order valence-electron chi connectivity index (χ2n) is 15.0. The van der Waals surface area contributed by atoms with Crippen molar-refractivity contribution in [1.29, 1.82) is 0 Å². The van der Waals surface area contributed by atoms with E-state index in [9.17, 15) is 19.2 Å². The van der Waals surface area contributed by atoms with Gasteiger partial charge >= 0.3 is 6.09 Å². The van der Waals surface area contributed by atoms with Crippen LogP contribution in [0.3, 0.4) is 0 Å². The smallest absolute Gasteiger partial charge is 0.411 e. The zero-order valence-corrected chi connectivity index (χ0v) is 30.5. The number of hydrogen-bond acceptors (Lipinski definition) is 7. The minimum Gasteiger partial charge on any atom is -0.598 e. The van der Waals surface area contributed by atoms with Gasteiger partial charge in [-0.1, -0.05) is 55.9 Å². The van der Waals surface area contributed by atoms with Gasteiger partial charge in [-0.2, -0.15) is 0 Å². The van der Waals surface area contributed by atoms with Crippen molar-refractivity contribution in [3.05, 3.63) is 96.1 Å². The summed E-state index contributed by atoms with van der Waals surface area (Å²) in [7, 11) is 0. The molecule has 0 spiro atoms. The van der Waals surface area contributed by atoms with Crippen molar-refractivity contribution < 1.29 is 28.4 Å². The molecule has 2 fully saturated rings. The van der Waals surface area contributed by atoms with Gasteiger partial charge in [-0.3, -0.25) is 14.7 Å². The van der Waals surface area contributed by atoms with Gasteiger partial charge in [0.2, 0.25) is 5.91 Å². The molecule has 4 atom stereocenters. The number of nitrogens with zero attached hydrogens (tertiary/aromatic N) is 2. The molecule has 2 amide bonds. The van der Waals surface area contributed by atoms with Crippen molar-refractivity contribution in [2.45, 2.75) is 108 Å². The number of pyridine rings is 1. The fourth-order valence-electron chi connectivity index (χ4n) is 5.74. The lowest BCUT2D eigenvalue weighted by Crippen LogP contribution is -2.52. The Hall–Kier alpha value is -3.51. The maximum Gasteiger partial charge on any atom is 0.411 e. The number of benzene rings is 1. The molecule has 11 heteroatoms. The molecular formula is C38H51FN4O5S. The van der Waals surface area contributed by atoms with Gasteiger partial charge in [0.05, 0.1) is 17.9 Å². The van der Waals surface area contributed by atoms with Crippen LogP contribution >= 0.6 is 0 Å². The first-order chi connectivity index (χ1) is 22.9. The number of hydrogen-bond donors (Lipinski definition) is 3. The number of allylic oxidation sites excluding steroid dienone is 3. The van der Waals surface area contributed by atoms with E-state index in [1.165, 1.54) is 11.0 Å². The summed E-state index contributed by atoms with van der Waals surface area (Å²) < 4.78 is 37.7. The number of aliphatic hydroxyl groups is 1. The summed E-state index contributed by atoms with van der Waals surface area (Å²) in [6.07, 6.45) is 11.3. The van der Waals surface area contributed by atoms with E-state index in [4.69, 9.17) is 4.74 Å². The third kappa shape index (κ3) is 9.60. The highest BCUT2D eigenvalue weighted by atomic mass is 32.2. The van der Waals surface area contributed by atoms with Crippen LogP contribution in [0.25, 0.3) is 0 Å². The first kappa shape index (κ1) is 38.3. The number of β-amino-alcohol motifs (C(OH)–C–C–N with tert-alkyl or cyclic N) is 1. The van der Waals surface area contributed by atoms with Crippen LogP contribution in [0, 0.1) is 11.7 Å². The monoisotopic (exact) mass is 694 g/mol. The fraction of sp³-hybridized carbons (Fsp3) is 0.500. The Bertz CT molecular complexity index is 1570. The van der Waals surface area contributed by atoms with E-state index in [0.717, 1.165) is 19.3 Å². The number of amides is 2. The lowest BCUT2D eigenvalue weighted by Gasteiger charge is -2.38. The van der Waals surface area contributed by atoms with Crippen LogP contribution in [0.1, 0.15) is 91.8 Å². The van der Waals surface area contributed by atoms with E-state index in [0.29, 0.717) is 29.2 Å². The highest BCUT2D eigenvalue weighted by Crippen LogP contribution is 2.43. The van der Waals surface area contributed by atoms with Crippen LogP contribution in [-0.4, -0.2) is 60.1 Å². The van der Waals surface area contributed by atoms with E-state index < -0.39 is 56.7 Å². The Morgan fingerprint density at radius 1 is 1.18 bits per heavy atom. The summed E-state index contributed by atoms with van der Waals surface area (Å²) in [5.74, 6) is -0.854. The van der Waals surface area contributed by atoms with Gasteiger partial charge in [-0.15, -0.1) is 4.72 Å². The van der Waals surface area contributed by atoms with Crippen LogP contribution in [0.5, 0.6) is 0 Å². The number of likely N-dealkylation sites (tertiary alicyclic amines) is 1.